The Labute approximate surface area is 154 Å². The highest BCUT2D eigenvalue weighted by Gasteiger charge is 2.32. The van der Waals surface area contributed by atoms with Gasteiger partial charge in [0.15, 0.2) is 0 Å². The minimum absolute atomic E-state index is 0.0727. The highest BCUT2D eigenvalue weighted by molar-refractivity contribution is 5.63. The molecule has 2 rings (SSSR count). The van der Waals surface area contributed by atoms with Gasteiger partial charge in [0.2, 0.25) is 0 Å². The summed E-state index contributed by atoms with van der Waals surface area (Å²) in [4.78, 5) is 22.6. The average molecular weight is 372 g/mol. The number of aliphatic hydroxyl groups is 1. The number of carboxylic acids is 2. The predicted octanol–water partition coefficient (Wildman–Crippen LogP) is 1.48. The van der Waals surface area contributed by atoms with Crippen molar-refractivity contribution < 1.29 is 24.9 Å². The summed E-state index contributed by atoms with van der Waals surface area (Å²) in [6.45, 7) is 10.5. The van der Waals surface area contributed by atoms with Gasteiger partial charge in [-0.1, -0.05) is 0 Å². The van der Waals surface area contributed by atoms with E-state index in [-0.39, 0.29) is 17.7 Å². The first kappa shape index (κ1) is 24.0. The molecule has 1 aromatic heterocycles. The third-order valence-electron chi connectivity index (χ3n) is 3.60. The molecule has 1 saturated carbocycles. The lowest BCUT2D eigenvalue weighted by Gasteiger charge is -2.32. The van der Waals surface area contributed by atoms with Gasteiger partial charge in [-0.25, -0.2) is 9.67 Å². The first-order valence-corrected chi connectivity index (χ1v) is 8.52. The van der Waals surface area contributed by atoms with Crippen LogP contribution >= 0.6 is 0 Å². The van der Waals surface area contributed by atoms with Crippen LogP contribution in [0.5, 0.6) is 0 Å². The van der Waals surface area contributed by atoms with E-state index in [1.807, 2.05) is 11.6 Å². The number of rotatable bonds is 1. The zero-order valence-electron chi connectivity index (χ0n) is 16.4. The largest absolute Gasteiger partial charge is 0.481 e. The Bertz CT molecular complexity index is 574. The lowest BCUT2D eigenvalue weighted by atomic mass is 9.83. The van der Waals surface area contributed by atoms with E-state index in [1.165, 1.54) is 0 Å². The molecule has 1 heterocycles. The van der Waals surface area contributed by atoms with Gasteiger partial charge in [-0.2, -0.15) is 5.10 Å². The van der Waals surface area contributed by atoms with Crippen molar-refractivity contribution in [2.75, 3.05) is 0 Å². The number of hydrogen-bond acceptors (Lipinski definition) is 6. The monoisotopic (exact) mass is 372 g/mol. The summed E-state index contributed by atoms with van der Waals surface area (Å²) in [5.74, 6) is 0.464. The Balaban J connectivity index is 0.000000662. The Kier molecular flexibility index (Phi) is 9.44. The first-order valence-electron chi connectivity index (χ1n) is 8.52. The van der Waals surface area contributed by atoms with E-state index in [2.05, 4.69) is 30.9 Å². The van der Waals surface area contributed by atoms with Crippen molar-refractivity contribution in [2.24, 2.45) is 5.73 Å². The number of nitrogens with two attached hydrogens (primary N) is 1. The van der Waals surface area contributed by atoms with Gasteiger partial charge in [-0.15, -0.1) is 0 Å². The van der Waals surface area contributed by atoms with Crippen LogP contribution in [0.25, 0.3) is 0 Å². The summed E-state index contributed by atoms with van der Waals surface area (Å²) >= 11 is 0. The number of hydrogen-bond donors (Lipinski definition) is 4. The third kappa shape index (κ3) is 8.91. The van der Waals surface area contributed by atoms with Crippen LogP contribution in [0.2, 0.25) is 0 Å². The van der Waals surface area contributed by atoms with Crippen molar-refractivity contribution in [3.8, 4) is 0 Å². The summed E-state index contributed by atoms with van der Waals surface area (Å²) in [5, 5.41) is 29.0. The summed E-state index contributed by atoms with van der Waals surface area (Å²) in [7, 11) is 0. The Morgan fingerprint density at radius 3 is 2.00 bits per heavy atom. The Hall–Kier alpha value is -2.00. The predicted molar refractivity (Wildman–Crippen MR) is 96.9 cm³/mol. The highest BCUT2D eigenvalue weighted by atomic mass is 16.4. The summed E-state index contributed by atoms with van der Waals surface area (Å²) in [6, 6.07) is -0.144. The molecule has 26 heavy (non-hydrogen) atoms. The minimum Gasteiger partial charge on any atom is -0.481 e. The van der Waals surface area contributed by atoms with Gasteiger partial charge in [0, 0.05) is 25.8 Å². The number of aliphatic hydroxyl groups excluding tert-OH is 1. The summed E-state index contributed by atoms with van der Waals surface area (Å²) in [6.07, 6.45) is 2.11. The van der Waals surface area contributed by atoms with Crippen LogP contribution in [-0.4, -0.2) is 54.2 Å². The van der Waals surface area contributed by atoms with Crippen molar-refractivity contribution >= 4 is 11.9 Å². The summed E-state index contributed by atoms with van der Waals surface area (Å²) < 4.78 is 2.01. The van der Waals surface area contributed by atoms with Gasteiger partial charge in [0.05, 0.1) is 11.6 Å². The lowest BCUT2D eigenvalue weighted by molar-refractivity contribution is -0.135. The maximum absolute atomic E-state index is 9.71. The molecule has 0 amide bonds. The number of carbonyl (C=O) groups is 2. The second-order valence-electron chi connectivity index (χ2n) is 7.38. The molecule has 5 N–H and O–H groups in total. The third-order valence-corrected chi connectivity index (χ3v) is 3.60. The van der Waals surface area contributed by atoms with Gasteiger partial charge < -0.3 is 21.1 Å². The van der Waals surface area contributed by atoms with E-state index in [0.29, 0.717) is 5.92 Å². The number of aryl methyl sites for hydroxylation is 1. The highest BCUT2D eigenvalue weighted by Crippen LogP contribution is 2.33. The number of carboxylic acid groups (broad SMARTS) is 2. The van der Waals surface area contributed by atoms with Crippen LogP contribution in [0.3, 0.4) is 0 Å². The molecule has 1 fully saturated rings. The molecule has 150 valence electrons. The van der Waals surface area contributed by atoms with Gasteiger partial charge in [-0.3, -0.25) is 9.59 Å². The Morgan fingerprint density at radius 1 is 1.15 bits per heavy atom. The molecule has 0 bridgehead atoms. The zero-order chi connectivity index (χ0) is 20.7. The number of nitrogens with zero attached hydrogens (tertiary/aromatic N) is 3. The molecule has 0 aliphatic heterocycles. The van der Waals surface area contributed by atoms with Crippen molar-refractivity contribution in [2.45, 2.75) is 84.4 Å². The molecule has 9 heteroatoms. The molecule has 1 aromatic rings. The van der Waals surface area contributed by atoms with E-state index >= 15 is 0 Å². The van der Waals surface area contributed by atoms with Crippen molar-refractivity contribution in [1.29, 1.82) is 0 Å². The maximum Gasteiger partial charge on any atom is 0.300 e. The molecular weight excluding hydrogens is 340 g/mol. The molecule has 0 saturated heterocycles. The van der Waals surface area contributed by atoms with E-state index in [4.69, 9.17) is 25.5 Å². The first-order chi connectivity index (χ1) is 11.8. The second-order valence-corrected chi connectivity index (χ2v) is 7.38. The van der Waals surface area contributed by atoms with Crippen LogP contribution in [0.1, 0.15) is 71.4 Å². The fourth-order valence-corrected chi connectivity index (χ4v) is 2.61. The minimum atomic E-state index is -0.833. The van der Waals surface area contributed by atoms with Gasteiger partial charge in [-0.05, 0) is 47.0 Å². The maximum atomic E-state index is 9.71. The Morgan fingerprint density at radius 2 is 1.62 bits per heavy atom. The standard InChI is InChI=1S/C13H24N4O.2C2H4O2/c1-8-15-12(17(16-8)13(2,3)4)9-5-6-11(18)10(14)7-9;2*1-2(3)4/h9-11,18H,5-7,14H2,1-4H3;2*1H3,(H,3,4)/t9-,10+,11+;;/m0../s1. The molecule has 9 nitrogen and oxygen atoms in total. The van der Waals surface area contributed by atoms with Gasteiger partial charge >= 0.3 is 0 Å². The smallest absolute Gasteiger partial charge is 0.300 e. The van der Waals surface area contributed by atoms with Crippen molar-refractivity contribution in [3.05, 3.63) is 11.6 Å². The van der Waals surface area contributed by atoms with E-state index in [9.17, 15) is 5.11 Å². The normalized spacial score (nSPS) is 22.4. The quantitative estimate of drug-likeness (QED) is 0.578. The summed E-state index contributed by atoms with van der Waals surface area (Å²) in [5.41, 5.74) is 5.89. The van der Waals surface area contributed by atoms with E-state index in [0.717, 1.165) is 44.8 Å². The van der Waals surface area contributed by atoms with Crippen LogP contribution in [0.4, 0.5) is 0 Å². The van der Waals surface area contributed by atoms with Crippen LogP contribution < -0.4 is 5.73 Å². The molecular formula is C17H32N4O5. The molecule has 0 aromatic carbocycles. The molecule has 3 atom stereocenters. The van der Waals surface area contributed by atoms with E-state index in [1.54, 1.807) is 0 Å². The van der Waals surface area contributed by atoms with Gasteiger partial charge in [0.1, 0.15) is 11.6 Å². The van der Waals surface area contributed by atoms with Gasteiger partial charge in [0.25, 0.3) is 11.9 Å². The van der Waals surface area contributed by atoms with Crippen LogP contribution in [0, 0.1) is 6.92 Å². The topological polar surface area (TPSA) is 152 Å². The van der Waals surface area contributed by atoms with E-state index < -0.39 is 11.9 Å². The lowest BCUT2D eigenvalue weighted by Crippen LogP contribution is -2.41. The molecule has 0 spiro atoms. The van der Waals surface area contributed by atoms with Crippen molar-refractivity contribution in [1.82, 2.24) is 14.8 Å². The molecule has 0 radical (unpaired) electrons. The SMILES string of the molecule is CC(=O)O.CC(=O)O.Cc1nc([C@H]2CC[C@@H](O)[C@H](N)C2)n(C(C)(C)C)n1. The average Bonchev–Trinajstić information content (AvgIpc) is 2.83. The van der Waals surface area contributed by atoms with Crippen LogP contribution in [0.15, 0.2) is 0 Å². The molecule has 1 aliphatic carbocycles. The number of aliphatic carboxylic acids is 2. The second kappa shape index (κ2) is 10.2. The zero-order valence-corrected chi connectivity index (χ0v) is 16.4. The fourth-order valence-electron chi connectivity index (χ4n) is 2.61. The van der Waals surface area contributed by atoms with Crippen molar-refractivity contribution in [3.63, 3.8) is 0 Å². The molecule has 0 unspecified atom stereocenters. The molecule has 1 aliphatic rings. The van der Waals surface area contributed by atoms with Crippen LogP contribution in [-0.2, 0) is 15.1 Å². The number of aromatic nitrogens is 3. The fraction of sp³-hybridized carbons (Fsp3) is 0.765.